The molecule has 0 aromatic heterocycles. The Hall–Kier alpha value is -0.104. The molecule has 6 nitrogen and oxygen atoms in total. The molecule has 0 amide bonds. The van der Waals surface area contributed by atoms with Crippen molar-refractivity contribution in [2.45, 2.75) is 9.79 Å². The molecule has 0 atom stereocenters. The van der Waals surface area contributed by atoms with Crippen LogP contribution in [0.4, 0.5) is 0 Å². The van der Waals surface area contributed by atoms with E-state index in [4.69, 9.17) is 0 Å². The van der Waals surface area contributed by atoms with Crippen molar-refractivity contribution in [1.82, 2.24) is 0 Å². The summed E-state index contributed by atoms with van der Waals surface area (Å²) in [6.45, 7) is 0. The van der Waals surface area contributed by atoms with E-state index in [1.54, 1.807) is 0 Å². The molecule has 0 aliphatic rings. The minimum absolute atomic E-state index is 0. The first-order valence-electron chi connectivity index (χ1n) is 5.30. The zero-order chi connectivity index (χ0) is 15.0. The maximum absolute atomic E-state index is 10.8. The molecule has 0 N–H and O–H groups in total. The van der Waals surface area contributed by atoms with Crippen LogP contribution in [-0.4, -0.2) is 25.9 Å². The van der Waals surface area contributed by atoms with E-state index in [2.05, 4.69) is 0 Å². The maximum atomic E-state index is 10.8. The molecule has 2 rings (SSSR count). The van der Waals surface area contributed by atoms with E-state index in [1.165, 1.54) is 24.3 Å². The fraction of sp³-hybridized carbons (Fsp3) is 0. The van der Waals surface area contributed by atoms with Gasteiger partial charge in [-0.25, -0.2) is 16.8 Å². The van der Waals surface area contributed by atoms with Crippen molar-refractivity contribution in [2.75, 3.05) is 0 Å². The summed E-state index contributed by atoms with van der Waals surface area (Å²) in [6.07, 6.45) is 0. The van der Waals surface area contributed by atoms with Gasteiger partial charge in [-0.1, -0.05) is 24.3 Å². The van der Waals surface area contributed by atoms with Crippen molar-refractivity contribution in [3.05, 3.63) is 48.5 Å². The Morgan fingerprint density at radius 3 is 1.00 bits per heavy atom. The Morgan fingerprint density at radius 1 is 0.571 bits per heavy atom. The molecule has 0 saturated carbocycles. The van der Waals surface area contributed by atoms with E-state index >= 15 is 0 Å². The zero-order valence-electron chi connectivity index (χ0n) is 10.9. The molecule has 0 saturated heterocycles. The fourth-order valence-electron chi connectivity index (χ4n) is 1.63. The van der Waals surface area contributed by atoms with E-state index < -0.39 is 20.2 Å². The molecule has 2 aromatic rings. The predicted octanol–water partition coefficient (Wildman–Crippen LogP) is -1.83. The largest absolute Gasteiger partial charge is 1.00 e. The van der Waals surface area contributed by atoms with Crippen LogP contribution >= 0.6 is 0 Å². The van der Waals surface area contributed by atoms with Gasteiger partial charge in [0.25, 0.3) is 0 Å². The van der Waals surface area contributed by atoms with Gasteiger partial charge < -0.3 is 9.11 Å². The molecular weight excluding hydrogens is 343 g/mol. The summed E-state index contributed by atoms with van der Waals surface area (Å²) in [5.41, 5.74) is 1.18. The minimum Gasteiger partial charge on any atom is -0.744 e. The molecule has 21 heavy (non-hydrogen) atoms. The van der Waals surface area contributed by atoms with Gasteiger partial charge in [0.15, 0.2) is 0 Å². The van der Waals surface area contributed by atoms with Gasteiger partial charge in [0.1, 0.15) is 20.2 Å². The molecule has 2 aromatic carbocycles. The summed E-state index contributed by atoms with van der Waals surface area (Å²) in [6, 6.07) is 10.3. The van der Waals surface area contributed by atoms with Crippen LogP contribution in [0.25, 0.3) is 11.1 Å². The van der Waals surface area contributed by atoms with Crippen molar-refractivity contribution in [3.8, 4) is 11.1 Å². The monoisotopic (exact) mass is 351 g/mol. The molecule has 0 bridgehead atoms. The smallest absolute Gasteiger partial charge is 0.744 e. The van der Waals surface area contributed by atoms with E-state index in [0.717, 1.165) is 24.3 Å². The first kappa shape index (κ1) is 18.9. The second kappa shape index (κ2) is 6.98. The summed E-state index contributed by atoms with van der Waals surface area (Å²) in [5, 5.41) is 0. The van der Waals surface area contributed by atoms with Crippen LogP contribution in [0.2, 0.25) is 0 Å². The number of hydrogen-bond donors (Lipinski definition) is 0. The Kier molecular flexibility index (Phi) is 6.30. The predicted molar refractivity (Wildman–Crippen MR) is 67.8 cm³/mol. The van der Waals surface area contributed by atoms with Crippen molar-refractivity contribution in [3.63, 3.8) is 0 Å². The van der Waals surface area contributed by atoms with E-state index in [1.807, 2.05) is 0 Å². The summed E-state index contributed by atoms with van der Waals surface area (Å²) in [7, 11) is -9.00. The molecule has 0 aliphatic carbocycles. The normalized spacial score (nSPS) is 11.7. The number of hydrogen-bond acceptors (Lipinski definition) is 6. The second-order valence-electron chi connectivity index (χ2n) is 3.96. The minimum atomic E-state index is -4.50. The van der Waals surface area contributed by atoms with Gasteiger partial charge in [-0.3, -0.25) is 0 Å². The molecule has 0 heterocycles. The van der Waals surface area contributed by atoms with E-state index in [9.17, 15) is 25.9 Å². The van der Waals surface area contributed by atoms with Crippen molar-refractivity contribution >= 4 is 20.2 Å². The standard InChI is InChI=1S/C12H10O6S2.K/c13-19(14,15)11-5-1-9(2-6-11)10-3-7-12(8-4-10)20(16,17)18;/h1-8H,(H,13,14,15)(H,16,17,18);/q;+1/p-2. The fourth-order valence-corrected chi connectivity index (χ4v) is 2.57. The summed E-state index contributed by atoms with van der Waals surface area (Å²) >= 11 is 0. The van der Waals surface area contributed by atoms with Crippen LogP contribution in [0.5, 0.6) is 0 Å². The van der Waals surface area contributed by atoms with Crippen LogP contribution in [0.3, 0.4) is 0 Å². The van der Waals surface area contributed by atoms with Gasteiger partial charge in [-0.05, 0) is 35.4 Å². The van der Waals surface area contributed by atoms with Crippen molar-refractivity contribution in [2.24, 2.45) is 0 Å². The third kappa shape index (κ3) is 4.95. The molecule has 0 unspecified atom stereocenters. The number of benzene rings is 2. The SMILES string of the molecule is O=S(=O)([O-])c1ccc(-c2ccc(S(=O)(=O)[O-])cc2)cc1.[K+]. The molecule has 0 fully saturated rings. The third-order valence-corrected chi connectivity index (χ3v) is 4.32. The third-order valence-electron chi connectivity index (χ3n) is 2.62. The average molecular weight is 351 g/mol. The average Bonchev–Trinajstić information content (AvgIpc) is 2.37. The van der Waals surface area contributed by atoms with Gasteiger partial charge >= 0.3 is 51.4 Å². The summed E-state index contributed by atoms with van der Waals surface area (Å²) < 4.78 is 64.7. The topological polar surface area (TPSA) is 114 Å². The van der Waals surface area contributed by atoms with Gasteiger partial charge in [0, 0.05) is 0 Å². The van der Waals surface area contributed by atoms with Crippen LogP contribution < -0.4 is 51.4 Å². The van der Waals surface area contributed by atoms with Crippen molar-refractivity contribution in [1.29, 1.82) is 0 Å². The van der Waals surface area contributed by atoms with E-state index in [-0.39, 0.29) is 61.2 Å². The Balaban J connectivity index is 0.00000220. The Morgan fingerprint density at radius 2 is 0.810 bits per heavy atom. The van der Waals surface area contributed by atoms with Crippen LogP contribution in [-0.2, 0) is 20.2 Å². The first-order valence-corrected chi connectivity index (χ1v) is 8.12. The molecule has 106 valence electrons. The molecular formula is C12H8KO6S2-. The summed E-state index contributed by atoms with van der Waals surface area (Å²) in [4.78, 5) is -0.694. The van der Waals surface area contributed by atoms with Gasteiger partial charge in [0.05, 0.1) is 9.79 Å². The van der Waals surface area contributed by atoms with Gasteiger partial charge in [-0.15, -0.1) is 0 Å². The quantitative estimate of drug-likeness (QED) is 0.474. The molecule has 0 radical (unpaired) electrons. The van der Waals surface area contributed by atoms with E-state index in [0.29, 0.717) is 11.1 Å². The van der Waals surface area contributed by atoms with Crippen LogP contribution in [0.15, 0.2) is 58.3 Å². The van der Waals surface area contributed by atoms with Crippen LogP contribution in [0, 0.1) is 0 Å². The molecule has 0 spiro atoms. The maximum Gasteiger partial charge on any atom is 1.00 e. The molecule has 0 aliphatic heterocycles. The molecule has 9 heteroatoms. The Bertz CT molecular complexity index is 751. The Labute approximate surface area is 165 Å². The first-order chi connectivity index (χ1) is 9.18. The van der Waals surface area contributed by atoms with Crippen LogP contribution in [0.1, 0.15) is 0 Å². The van der Waals surface area contributed by atoms with Crippen molar-refractivity contribution < 1.29 is 77.3 Å². The van der Waals surface area contributed by atoms with Gasteiger partial charge in [-0.2, -0.15) is 0 Å². The number of rotatable bonds is 3. The summed E-state index contributed by atoms with van der Waals surface area (Å²) in [5.74, 6) is 0. The van der Waals surface area contributed by atoms with Gasteiger partial charge in [0.2, 0.25) is 0 Å². The zero-order valence-corrected chi connectivity index (χ0v) is 15.6. The second-order valence-corrected chi connectivity index (χ2v) is 6.72.